The van der Waals surface area contributed by atoms with E-state index >= 15 is 0 Å². The molecule has 4 nitrogen and oxygen atoms in total. The Hall–Kier alpha value is -0.610. The van der Waals surface area contributed by atoms with Gasteiger partial charge in [0.1, 0.15) is 0 Å². The molecular formula is C9H18N2O2. The molecule has 0 saturated carbocycles. The van der Waals surface area contributed by atoms with Gasteiger partial charge in [-0.1, -0.05) is 0 Å². The average Bonchev–Trinajstić information content (AvgIpc) is 2.24. The molecule has 1 fully saturated rings. The van der Waals surface area contributed by atoms with Gasteiger partial charge in [-0.15, -0.1) is 0 Å². The number of hydrogen-bond acceptors (Lipinski definition) is 3. The Balaban J connectivity index is 2.44. The van der Waals surface area contributed by atoms with Gasteiger partial charge in [-0.3, -0.25) is 9.80 Å². The van der Waals surface area contributed by atoms with Crippen LogP contribution in [0.25, 0.3) is 0 Å². The van der Waals surface area contributed by atoms with Crippen LogP contribution in [-0.4, -0.2) is 46.8 Å². The Labute approximate surface area is 79.1 Å². The number of hydrazine groups is 1. The number of aliphatic hydroxyl groups is 1. The fourth-order valence-corrected chi connectivity index (χ4v) is 1.50. The third kappa shape index (κ3) is 2.42. The van der Waals surface area contributed by atoms with Crippen LogP contribution in [0.1, 0.15) is 26.7 Å². The van der Waals surface area contributed by atoms with Gasteiger partial charge in [-0.05, 0) is 20.3 Å². The second kappa shape index (κ2) is 4.07. The summed E-state index contributed by atoms with van der Waals surface area (Å²) >= 11 is 0. The fourth-order valence-electron chi connectivity index (χ4n) is 1.50. The van der Waals surface area contributed by atoms with Crippen LogP contribution in [0, 0.1) is 0 Å². The van der Waals surface area contributed by atoms with Crippen LogP contribution in [-0.2, 0) is 4.79 Å². The number of carbonyl (C=O) groups is 1. The van der Waals surface area contributed by atoms with E-state index < -0.39 is 0 Å². The molecule has 0 aliphatic carbocycles. The molecule has 0 aromatic heterocycles. The average molecular weight is 186 g/mol. The maximum absolute atomic E-state index is 11.4. The van der Waals surface area contributed by atoms with Crippen molar-refractivity contribution in [2.75, 3.05) is 13.6 Å². The molecule has 4 heteroatoms. The first-order valence-electron chi connectivity index (χ1n) is 4.73. The Morgan fingerprint density at radius 2 is 2.31 bits per heavy atom. The smallest absolute Gasteiger partial charge is 0.238 e. The van der Waals surface area contributed by atoms with Crippen LogP contribution in [0.3, 0.4) is 0 Å². The highest BCUT2D eigenvalue weighted by Gasteiger charge is 2.31. The van der Waals surface area contributed by atoms with Gasteiger partial charge in [-0.2, -0.15) is 0 Å². The second-order valence-electron chi connectivity index (χ2n) is 3.78. The predicted molar refractivity (Wildman–Crippen MR) is 49.9 cm³/mol. The summed E-state index contributed by atoms with van der Waals surface area (Å²) in [5.74, 6) is 0.163. The lowest BCUT2D eigenvalue weighted by Gasteiger charge is -2.27. The van der Waals surface area contributed by atoms with Crippen LogP contribution in [0.5, 0.6) is 0 Å². The van der Waals surface area contributed by atoms with Crippen LogP contribution >= 0.6 is 0 Å². The predicted octanol–water partition coefficient (Wildman–Crippen LogP) is 0.225. The van der Waals surface area contributed by atoms with Crippen molar-refractivity contribution in [1.29, 1.82) is 0 Å². The molecule has 1 aliphatic heterocycles. The van der Waals surface area contributed by atoms with E-state index in [0.29, 0.717) is 25.4 Å². The first-order chi connectivity index (χ1) is 6.02. The Bertz CT molecular complexity index is 194. The van der Waals surface area contributed by atoms with E-state index in [2.05, 4.69) is 0 Å². The quantitative estimate of drug-likeness (QED) is 0.686. The molecule has 76 valence electrons. The lowest BCUT2D eigenvalue weighted by Crippen LogP contribution is -2.40. The van der Waals surface area contributed by atoms with Gasteiger partial charge in [0.15, 0.2) is 0 Å². The lowest BCUT2D eigenvalue weighted by molar-refractivity contribution is -0.137. The molecule has 2 unspecified atom stereocenters. The highest BCUT2D eigenvalue weighted by atomic mass is 16.3. The summed E-state index contributed by atoms with van der Waals surface area (Å²) in [6.45, 7) is 4.39. The Morgan fingerprint density at radius 1 is 1.69 bits per heavy atom. The molecule has 0 aromatic carbocycles. The van der Waals surface area contributed by atoms with E-state index in [1.165, 1.54) is 0 Å². The first kappa shape index (κ1) is 10.5. The summed E-state index contributed by atoms with van der Waals surface area (Å²) in [6.07, 6.45) is 0.899. The zero-order chi connectivity index (χ0) is 10.0. The first-order valence-corrected chi connectivity index (χ1v) is 4.73. The van der Waals surface area contributed by atoms with Crippen molar-refractivity contribution in [3.63, 3.8) is 0 Å². The molecule has 0 aromatic rings. The van der Waals surface area contributed by atoms with E-state index in [1.54, 1.807) is 11.9 Å². The zero-order valence-electron chi connectivity index (χ0n) is 8.53. The summed E-state index contributed by atoms with van der Waals surface area (Å²) < 4.78 is 0. The van der Waals surface area contributed by atoms with Crippen molar-refractivity contribution in [3.05, 3.63) is 0 Å². The number of carbonyl (C=O) groups excluding carboxylic acids is 1. The number of rotatable bonds is 3. The number of nitrogens with zero attached hydrogens (tertiary/aromatic N) is 2. The van der Waals surface area contributed by atoms with Gasteiger partial charge in [0.2, 0.25) is 5.91 Å². The van der Waals surface area contributed by atoms with Crippen LogP contribution in [0.4, 0.5) is 0 Å². The fraction of sp³-hybridized carbons (Fsp3) is 0.889. The van der Waals surface area contributed by atoms with E-state index in [0.717, 1.165) is 0 Å². The molecule has 1 N–H and O–H groups in total. The molecule has 2 atom stereocenters. The highest BCUT2D eigenvalue weighted by Crippen LogP contribution is 2.17. The summed E-state index contributed by atoms with van der Waals surface area (Å²) in [7, 11) is 1.91. The summed E-state index contributed by atoms with van der Waals surface area (Å²) in [5.41, 5.74) is 0. The molecule has 13 heavy (non-hydrogen) atoms. The maximum Gasteiger partial charge on any atom is 0.238 e. The van der Waals surface area contributed by atoms with Crippen molar-refractivity contribution in [1.82, 2.24) is 10.0 Å². The SMILES string of the molecule is CC(O)CCN1C(=O)CC(C)N1C. The third-order valence-corrected chi connectivity index (χ3v) is 2.54. The number of amides is 1. The lowest BCUT2D eigenvalue weighted by atomic mass is 10.2. The van der Waals surface area contributed by atoms with E-state index in [1.807, 2.05) is 19.0 Å². The van der Waals surface area contributed by atoms with Crippen molar-refractivity contribution >= 4 is 5.91 Å². The standard InChI is InChI=1S/C9H18N2O2/c1-7-6-9(13)11(10(7)3)5-4-8(2)12/h7-8,12H,4-6H2,1-3H3. The summed E-state index contributed by atoms with van der Waals surface area (Å²) in [6, 6.07) is 0.293. The minimum absolute atomic E-state index is 0.163. The van der Waals surface area contributed by atoms with Gasteiger partial charge in [0.05, 0.1) is 6.10 Å². The highest BCUT2D eigenvalue weighted by molar-refractivity contribution is 5.78. The molecular weight excluding hydrogens is 168 g/mol. The topological polar surface area (TPSA) is 43.8 Å². The van der Waals surface area contributed by atoms with Gasteiger partial charge in [0.25, 0.3) is 0 Å². The number of hydrogen-bond donors (Lipinski definition) is 1. The van der Waals surface area contributed by atoms with Crippen molar-refractivity contribution in [3.8, 4) is 0 Å². The van der Waals surface area contributed by atoms with E-state index in [9.17, 15) is 4.79 Å². The maximum atomic E-state index is 11.4. The molecule has 1 saturated heterocycles. The largest absolute Gasteiger partial charge is 0.393 e. The van der Waals surface area contributed by atoms with Gasteiger partial charge >= 0.3 is 0 Å². The molecule has 1 heterocycles. The molecule has 0 spiro atoms. The van der Waals surface area contributed by atoms with Crippen molar-refractivity contribution < 1.29 is 9.90 Å². The van der Waals surface area contributed by atoms with Gasteiger partial charge in [0, 0.05) is 26.1 Å². The van der Waals surface area contributed by atoms with Crippen molar-refractivity contribution in [2.45, 2.75) is 38.8 Å². The Morgan fingerprint density at radius 3 is 2.69 bits per heavy atom. The Kier molecular flexibility index (Phi) is 3.27. The summed E-state index contributed by atoms with van der Waals surface area (Å²) in [5, 5.41) is 12.8. The van der Waals surface area contributed by atoms with Gasteiger partial charge in [-0.25, -0.2) is 5.01 Å². The minimum atomic E-state index is -0.336. The normalized spacial score (nSPS) is 26.9. The monoisotopic (exact) mass is 186 g/mol. The summed E-state index contributed by atoms with van der Waals surface area (Å²) in [4.78, 5) is 11.4. The molecule has 0 bridgehead atoms. The minimum Gasteiger partial charge on any atom is -0.393 e. The third-order valence-electron chi connectivity index (χ3n) is 2.54. The number of aliphatic hydroxyl groups excluding tert-OH is 1. The molecule has 1 aliphatic rings. The van der Waals surface area contributed by atoms with Crippen LogP contribution < -0.4 is 0 Å². The second-order valence-corrected chi connectivity index (χ2v) is 3.78. The van der Waals surface area contributed by atoms with Crippen LogP contribution in [0.15, 0.2) is 0 Å². The molecule has 1 amide bonds. The zero-order valence-corrected chi connectivity index (χ0v) is 8.53. The van der Waals surface area contributed by atoms with Crippen molar-refractivity contribution in [2.24, 2.45) is 0 Å². The van der Waals surface area contributed by atoms with E-state index in [-0.39, 0.29) is 12.0 Å². The molecule has 1 rings (SSSR count). The van der Waals surface area contributed by atoms with E-state index in [4.69, 9.17) is 5.11 Å². The van der Waals surface area contributed by atoms with Crippen LogP contribution in [0.2, 0.25) is 0 Å². The molecule has 0 radical (unpaired) electrons. The van der Waals surface area contributed by atoms with Gasteiger partial charge < -0.3 is 5.11 Å².